The largest absolute Gasteiger partial charge is 0.381 e. The van der Waals surface area contributed by atoms with E-state index in [1.54, 1.807) is 0 Å². The van der Waals surface area contributed by atoms with Crippen LogP contribution in [0.4, 0.5) is 5.69 Å². The van der Waals surface area contributed by atoms with Gasteiger partial charge in [-0.05, 0) is 29.6 Å². The Bertz CT molecular complexity index is 1230. The van der Waals surface area contributed by atoms with Crippen molar-refractivity contribution in [3.05, 3.63) is 64.6 Å². The van der Waals surface area contributed by atoms with E-state index in [0.29, 0.717) is 17.8 Å². The molecule has 0 spiro atoms. The number of imide groups is 1. The average molecular weight is 452 g/mol. The number of fused-ring (bicyclic) bond motifs is 1. The third kappa shape index (κ3) is 4.62. The molecule has 0 aromatic heterocycles. The lowest BCUT2D eigenvalue weighted by Crippen LogP contribution is -2.52. The second-order valence-electron chi connectivity index (χ2n) is 8.57. The van der Waals surface area contributed by atoms with Crippen molar-refractivity contribution in [1.29, 1.82) is 0 Å². The van der Waals surface area contributed by atoms with Gasteiger partial charge in [0, 0.05) is 56.0 Å². The lowest BCUT2D eigenvalue weighted by atomic mass is 10.0. The summed E-state index contributed by atoms with van der Waals surface area (Å²) < 4.78 is 30.5. The number of carbonyl (C=O) groups is 3. The minimum atomic E-state index is -0.824. The van der Waals surface area contributed by atoms with Gasteiger partial charge >= 0.3 is 0 Å². The molecule has 0 bridgehead atoms. The number of ether oxygens (including phenoxy) is 1. The Hall–Kier alpha value is -3.23. The van der Waals surface area contributed by atoms with E-state index in [2.05, 4.69) is 27.7 Å². The van der Waals surface area contributed by atoms with Crippen LogP contribution in [0.2, 0.25) is 0 Å². The number of anilines is 1. The van der Waals surface area contributed by atoms with Gasteiger partial charge in [-0.2, -0.15) is 0 Å². The highest BCUT2D eigenvalue weighted by molar-refractivity contribution is 6.06. The van der Waals surface area contributed by atoms with Gasteiger partial charge in [-0.25, -0.2) is 0 Å². The molecule has 3 aliphatic heterocycles. The lowest BCUT2D eigenvalue weighted by Gasteiger charge is -2.29. The van der Waals surface area contributed by atoms with Crippen molar-refractivity contribution in [3.63, 3.8) is 0 Å². The van der Waals surface area contributed by atoms with E-state index in [1.807, 2.05) is 12.1 Å². The molecule has 2 fully saturated rings. The smallest absolute Gasteiger partial charge is 0.255 e. The van der Waals surface area contributed by atoms with Gasteiger partial charge in [-0.3, -0.25) is 24.6 Å². The standard InChI is InChI=1S/C25H28N4O4/c30-23-8-7-22(24(31)27-23)29-16-20-19(25(29)32)5-2-6-21(20)26-14-17-3-1-4-18(13-17)15-28-9-11-33-12-10-28/h1-6,13,22,26H,7-12,14-16H2,(H,27,30,31)/i2D,5D,6D. The number of rotatable bonds is 6. The van der Waals surface area contributed by atoms with Crippen molar-refractivity contribution >= 4 is 23.4 Å². The predicted molar refractivity (Wildman–Crippen MR) is 122 cm³/mol. The van der Waals surface area contributed by atoms with Crippen LogP contribution in [0.15, 0.2) is 42.4 Å². The predicted octanol–water partition coefficient (Wildman–Crippen LogP) is 1.89. The highest BCUT2D eigenvalue weighted by atomic mass is 16.5. The Morgan fingerprint density at radius 2 is 1.97 bits per heavy atom. The fourth-order valence-electron chi connectivity index (χ4n) is 4.59. The SMILES string of the molecule is [2H]c1c([2H])c(NCc2cccc(CN3CCOCC3)c2)c2c(c1[2H])C(=O)N(C1CCC(=O)NC1=O)C2. The molecule has 0 aliphatic carbocycles. The van der Waals surface area contributed by atoms with Crippen molar-refractivity contribution in [3.8, 4) is 0 Å². The molecule has 2 saturated heterocycles. The van der Waals surface area contributed by atoms with Crippen molar-refractivity contribution in [2.75, 3.05) is 31.6 Å². The van der Waals surface area contributed by atoms with Crippen molar-refractivity contribution in [2.24, 2.45) is 0 Å². The summed E-state index contributed by atoms with van der Waals surface area (Å²) in [5, 5.41) is 5.50. The zero-order valence-electron chi connectivity index (χ0n) is 21.3. The first-order valence-corrected chi connectivity index (χ1v) is 11.2. The molecular formula is C25H28N4O4. The van der Waals surface area contributed by atoms with Crippen molar-refractivity contribution in [1.82, 2.24) is 15.1 Å². The van der Waals surface area contributed by atoms with Gasteiger partial charge < -0.3 is 15.0 Å². The maximum Gasteiger partial charge on any atom is 0.255 e. The molecule has 3 heterocycles. The summed E-state index contributed by atoms with van der Waals surface area (Å²) >= 11 is 0. The molecule has 172 valence electrons. The van der Waals surface area contributed by atoms with Crippen LogP contribution >= 0.6 is 0 Å². The number of hydrogen-bond acceptors (Lipinski definition) is 6. The first-order valence-electron chi connectivity index (χ1n) is 12.7. The van der Waals surface area contributed by atoms with Crippen LogP contribution in [0.1, 0.15) is 44.0 Å². The van der Waals surface area contributed by atoms with E-state index < -0.39 is 17.9 Å². The van der Waals surface area contributed by atoms with Crippen LogP contribution in [-0.4, -0.2) is 59.9 Å². The van der Waals surface area contributed by atoms with Crippen LogP contribution in [0.25, 0.3) is 0 Å². The van der Waals surface area contributed by atoms with Gasteiger partial charge in [0.1, 0.15) is 6.04 Å². The van der Waals surface area contributed by atoms with Crippen molar-refractivity contribution < 1.29 is 23.2 Å². The van der Waals surface area contributed by atoms with Gasteiger partial charge in [-0.1, -0.05) is 30.3 Å². The summed E-state index contributed by atoms with van der Waals surface area (Å²) in [6.07, 6.45) is 0.335. The summed E-state index contributed by atoms with van der Waals surface area (Å²) in [7, 11) is 0. The first kappa shape index (κ1) is 18.2. The van der Waals surface area contributed by atoms with E-state index in [9.17, 15) is 14.4 Å². The molecule has 8 nitrogen and oxygen atoms in total. The van der Waals surface area contributed by atoms with E-state index in [0.717, 1.165) is 44.0 Å². The molecule has 2 aromatic carbocycles. The molecule has 1 atom stereocenters. The monoisotopic (exact) mass is 451 g/mol. The maximum atomic E-state index is 13.2. The number of piperidine rings is 1. The Labute approximate surface area is 197 Å². The van der Waals surface area contributed by atoms with Gasteiger partial charge in [0.15, 0.2) is 0 Å². The summed E-state index contributed by atoms with van der Waals surface area (Å²) in [4.78, 5) is 40.9. The minimum Gasteiger partial charge on any atom is -0.381 e. The third-order valence-corrected chi connectivity index (χ3v) is 6.34. The van der Waals surface area contributed by atoms with Gasteiger partial charge in [-0.15, -0.1) is 0 Å². The summed E-state index contributed by atoms with van der Waals surface area (Å²) in [6, 6.07) is 6.49. The Morgan fingerprint density at radius 3 is 2.79 bits per heavy atom. The summed E-state index contributed by atoms with van der Waals surface area (Å²) in [6.45, 7) is 4.47. The van der Waals surface area contributed by atoms with E-state index in [4.69, 9.17) is 8.85 Å². The van der Waals surface area contributed by atoms with Crippen molar-refractivity contribution in [2.45, 2.75) is 38.5 Å². The molecule has 2 aromatic rings. The van der Waals surface area contributed by atoms with Gasteiger partial charge in [0.25, 0.3) is 5.91 Å². The van der Waals surface area contributed by atoms with E-state index >= 15 is 0 Å². The molecule has 3 aliphatic rings. The highest BCUT2D eigenvalue weighted by Gasteiger charge is 2.39. The molecule has 0 radical (unpaired) electrons. The molecule has 33 heavy (non-hydrogen) atoms. The number of nitrogens with zero attached hydrogens (tertiary/aromatic N) is 2. The Morgan fingerprint density at radius 1 is 1.15 bits per heavy atom. The summed E-state index contributed by atoms with van der Waals surface area (Å²) in [5.41, 5.74) is 2.97. The normalized spacial score (nSPS) is 22.4. The maximum absolute atomic E-state index is 13.2. The molecule has 5 rings (SSSR count). The summed E-state index contributed by atoms with van der Waals surface area (Å²) in [5.74, 6) is -1.43. The second kappa shape index (κ2) is 9.33. The average Bonchev–Trinajstić information content (AvgIpc) is 3.20. The van der Waals surface area contributed by atoms with Crippen LogP contribution in [0.5, 0.6) is 0 Å². The lowest BCUT2D eigenvalue weighted by molar-refractivity contribution is -0.136. The molecule has 1 unspecified atom stereocenters. The minimum absolute atomic E-state index is 0.0396. The highest BCUT2D eigenvalue weighted by Crippen LogP contribution is 2.32. The van der Waals surface area contributed by atoms with Crippen LogP contribution in [-0.2, 0) is 34.0 Å². The fourth-order valence-corrected chi connectivity index (χ4v) is 4.59. The zero-order chi connectivity index (χ0) is 25.4. The molecule has 0 saturated carbocycles. The third-order valence-electron chi connectivity index (χ3n) is 6.34. The van der Waals surface area contributed by atoms with E-state index in [1.165, 1.54) is 4.90 Å². The Balaban J connectivity index is 1.37. The number of benzene rings is 2. The number of carbonyl (C=O) groups excluding carboxylic acids is 3. The molecular weight excluding hydrogens is 420 g/mol. The van der Waals surface area contributed by atoms with Crippen LogP contribution in [0.3, 0.4) is 0 Å². The van der Waals surface area contributed by atoms with Crippen LogP contribution in [0, 0.1) is 0 Å². The van der Waals surface area contributed by atoms with Gasteiger partial charge in [0.05, 0.1) is 17.3 Å². The second-order valence-corrected chi connectivity index (χ2v) is 8.57. The number of morpholine rings is 1. The molecule has 3 amide bonds. The number of amides is 3. The number of nitrogens with one attached hydrogen (secondary N) is 2. The number of hydrogen-bond donors (Lipinski definition) is 2. The molecule has 8 heteroatoms. The topological polar surface area (TPSA) is 91.0 Å². The molecule has 2 N–H and O–H groups in total. The fraction of sp³-hybridized carbons (Fsp3) is 0.400. The van der Waals surface area contributed by atoms with Crippen LogP contribution < -0.4 is 10.6 Å². The van der Waals surface area contributed by atoms with E-state index in [-0.39, 0.29) is 49.0 Å². The van der Waals surface area contributed by atoms with Gasteiger partial charge in [0.2, 0.25) is 11.8 Å². The zero-order valence-corrected chi connectivity index (χ0v) is 18.3. The quantitative estimate of drug-likeness (QED) is 0.652. The first-order chi connectivity index (χ1) is 17.3. The Kier molecular flexibility index (Phi) is 5.15.